The normalized spacial score (nSPS) is 11.5. The van der Waals surface area contributed by atoms with E-state index in [1.54, 1.807) is 0 Å². The maximum Gasteiger partial charge on any atom is 0.231 e. The highest BCUT2D eigenvalue weighted by Crippen LogP contribution is 2.08. The summed E-state index contributed by atoms with van der Waals surface area (Å²) in [6.07, 6.45) is 1.60. The number of hydrogen-bond donors (Lipinski definition) is 3. The number of nitrogens with one attached hydrogen (secondary N) is 2. The van der Waals surface area contributed by atoms with Crippen LogP contribution in [0.5, 0.6) is 0 Å². The summed E-state index contributed by atoms with van der Waals surface area (Å²) in [4.78, 5) is 56.5. The summed E-state index contributed by atoms with van der Waals surface area (Å²) in [7, 11) is 0. The molecular formula is C14H23N3O5S3. The molecule has 0 aliphatic heterocycles. The first-order valence-electron chi connectivity index (χ1n) is 7.49. The number of thioether (sulfide) groups is 2. The Morgan fingerprint density at radius 3 is 2.00 bits per heavy atom. The van der Waals surface area contributed by atoms with Crippen LogP contribution in [0.4, 0.5) is 0 Å². The monoisotopic (exact) mass is 409 g/mol. The van der Waals surface area contributed by atoms with Gasteiger partial charge in [-0.05, 0) is 31.2 Å². The van der Waals surface area contributed by atoms with E-state index < -0.39 is 11.9 Å². The van der Waals surface area contributed by atoms with Gasteiger partial charge in [-0.2, -0.15) is 0 Å². The van der Waals surface area contributed by atoms with Crippen molar-refractivity contribution >= 4 is 62.6 Å². The zero-order valence-corrected chi connectivity index (χ0v) is 16.6. The molecule has 0 bridgehead atoms. The standard InChI is InChI=1S/C14H23N3O5S3/c1-9(18)23-7-12(20)16-6-4-3-5-11(14(22)25-15)17-13(21)8-24-10(2)19/h11H,3-8,15H2,1-2H3,(H,16,20)(H,17,21). The number of rotatable bonds is 11. The van der Waals surface area contributed by atoms with E-state index in [0.29, 0.717) is 37.8 Å². The Bertz CT molecular complexity index is 502. The lowest BCUT2D eigenvalue weighted by atomic mass is 10.1. The van der Waals surface area contributed by atoms with Crippen molar-refractivity contribution in [2.45, 2.75) is 39.2 Å². The van der Waals surface area contributed by atoms with Gasteiger partial charge in [-0.25, -0.2) is 0 Å². The number of hydrogen-bond acceptors (Lipinski definition) is 9. The summed E-state index contributed by atoms with van der Waals surface area (Å²) in [6, 6.07) is -0.723. The molecule has 11 heteroatoms. The largest absolute Gasteiger partial charge is 0.355 e. The number of amides is 2. The Balaban J connectivity index is 4.09. The van der Waals surface area contributed by atoms with E-state index >= 15 is 0 Å². The number of unbranched alkanes of at least 4 members (excludes halogenated alkanes) is 1. The van der Waals surface area contributed by atoms with Crippen LogP contribution >= 0.6 is 35.5 Å². The Hall–Kier alpha value is -1.04. The van der Waals surface area contributed by atoms with Gasteiger partial charge < -0.3 is 10.6 Å². The van der Waals surface area contributed by atoms with Crippen LogP contribution < -0.4 is 15.8 Å². The minimum absolute atomic E-state index is 0.0434. The maximum absolute atomic E-state index is 11.8. The third kappa shape index (κ3) is 13.9. The third-order valence-corrected chi connectivity index (χ3v) is 4.93. The molecule has 1 unspecified atom stereocenters. The van der Waals surface area contributed by atoms with Gasteiger partial charge in [-0.15, -0.1) is 0 Å². The molecule has 0 aliphatic carbocycles. The van der Waals surface area contributed by atoms with Crippen molar-refractivity contribution in [1.29, 1.82) is 0 Å². The fourth-order valence-electron chi connectivity index (χ4n) is 1.65. The number of nitrogens with two attached hydrogens (primary N) is 1. The molecule has 0 aromatic rings. The van der Waals surface area contributed by atoms with Crippen molar-refractivity contribution in [3.8, 4) is 0 Å². The molecule has 0 rings (SSSR count). The van der Waals surface area contributed by atoms with Crippen molar-refractivity contribution in [2.24, 2.45) is 5.14 Å². The van der Waals surface area contributed by atoms with E-state index in [2.05, 4.69) is 10.6 Å². The average molecular weight is 410 g/mol. The quantitative estimate of drug-likeness (QED) is 0.328. The number of carbonyl (C=O) groups excluding carboxylic acids is 5. The molecule has 0 fully saturated rings. The van der Waals surface area contributed by atoms with Gasteiger partial charge >= 0.3 is 0 Å². The van der Waals surface area contributed by atoms with Gasteiger partial charge in [0.2, 0.25) is 16.9 Å². The zero-order chi connectivity index (χ0) is 19.2. The molecule has 4 N–H and O–H groups in total. The fraction of sp³-hybridized carbons (Fsp3) is 0.643. The molecule has 1 atom stereocenters. The minimum atomic E-state index is -0.723. The van der Waals surface area contributed by atoms with Crippen LogP contribution in [0.3, 0.4) is 0 Å². The average Bonchev–Trinajstić information content (AvgIpc) is 2.55. The summed E-state index contributed by atoms with van der Waals surface area (Å²) in [5, 5.41) is 9.86. The lowest BCUT2D eigenvalue weighted by Gasteiger charge is -2.16. The summed E-state index contributed by atoms with van der Waals surface area (Å²) < 4.78 is 0. The molecule has 0 heterocycles. The van der Waals surface area contributed by atoms with Crippen molar-refractivity contribution in [1.82, 2.24) is 10.6 Å². The van der Waals surface area contributed by atoms with Crippen LogP contribution in [0.1, 0.15) is 33.1 Å². The second-order valence-corrected chi connectivity index (χ2v) is 7.91. The van der Waals surface area contributed by atoms with E-state index in [4.69, 9.17) is 5.14 Å². The minimum Gasteiger partial charge on any atom is -0.355 e. The van der Waals surface area contributed by atoms with Crippen LogP contribution in [0, 0.1) is 0 Å². The second kappa shape index (κ2) is 14.2. The molecule has 0 aromatic heterocycles. The molecule has 0 spiro atoms. The Morgan fingerprint density at radius 1 is 0.920 bits per heavy atom. The first-order chi connectivity index (χ1) is 11.8. The molecular weight excluding hydrogens is 386 g/mol. The van der Waals surface area contributed by atoms with Crippen LogP contribution in [-0.4, -0.2) is 51.3 Å². The summed E-state index contributed by atoms with van der Waals surface area (Å²) in [5.41, 5.74) is 0. The first-order valence-corrected chi connectivity index (χ1v) is 10.3. The Morgan fingerprint density at radius 2 is 1.48 bits per heavy atom. The lowest BCUT2D eigenvalue weighted by molar-refractivity contribution is -0.123. The zero-order valence-electron chi connectivity index (χ0n) is 14.2. The van der Waals surface area contributed by atoms with Gasteiger partial charge in [0.25, 0.3) is 0 Å². The molecule has 0 saturated carbocycles. The van der Waals surface area contributed by atoms with Crippen LogP contribution in [-0.2, 0) is 24.0 Å². The van der Waals surface area contributed by atoms with Gasteiger partial charge in [0, 0.05) is 20.4 Å². The van der Waals surface area contributed by atoms with E-state index in [0.717, 1.165) is 23.5 Å². The molecule has 25 heavy (non-hydrogen) atoms. The van der Waals surface area contributed by atoms with Crippen molar-refractivity contribution in [3.63, 3.8) is 0 Å². The van der Waals surface area contributed by atoms with E-state index in [1.807, 2.05) is 0 Å². The van der Waals surface area contributed by atoms with E-state index in [-0.39, 0.29) is 32.8 Å². The second-order valence-electron chi connectivity index (χ2n) is 4.96. The molecule has 0 aliphatic rings. The van der Waals surface area contributed by atoms with Gasteiger partial charge in [0.1, 0.15) is 0 Å². The predicted octanol–water partition coefficient (Wildman–Crippen LogP) is 0.451. The van der Waals surface area contributed by atoms with E-state index in [1.165, 1.54) is 13.8 Å². The highest BCUT2D eigenvalue weighted by atomic mass is 32.2. The van der Waals surface area contributed by atoms with Gasteiger partial charge in [0.15, 0.2) is 10.2 Å². The third-order valence-electron chi connectivity index (χ3n) is 2.79. The number of carbonyl (C=O) groups is 5. The molecule has 0 aromatic carbocycles. The van der Waals surface area contributed by atoms with Crippen molar-refractivity contribution < 1.29 is 24.0 Å². The Labute approximate surface area is 159 Å². The van der Waals surface area contributed by atoms with Crippen LogP contribution in [0.25, 0.3) is 0 Å². The SMILES string of the molecule is CC(=O)SCC(=O)NCCCCC(NC(=O)CSC(C)=O)C(=O)SN. The molecule has 0 saturated heterocycles. The lowest BCUT2D eigenvalue weighted by Crippen LogP contribution is -2.41. The van der Waals surface area contributed by atoms with Gasteiger partial charge in [-0.1, -0.05) is 23.5 Å². The topological polar surface area (TPSA) is 135 Å². The highest BCUT2D eigenvalue weighted by Gasteiger charge is 2.20. The van der Waals surface area contributed by atoms with Crippen LogP contribution in [0.15, 0.2) is 0 Å². The fourth-order valence-corrected chi connectivity index (χ4v) is 2.85. The van der Waals surface area contributed by atoms with Gasteiger partial charge in [0.05, 0.1) is 17.5 Å². The first kappa shape index (κ1) is 24.0. The smallest absolute Gasteiger partial charge is 0.231 e. The Kier molecular flexibility index (Phi) is 13.6. The predicted molar refractivity (Wildman–Crippen MR) is 102 cm³/mol. The maximum atomic E-state index is 11.8. The highest BCUT2D eigenvalue weighted by molar-refractivity contribution is 8.14. The van der Waals surface area contributed by atoms with Gasteiger partial charge in [-0.3, -0.25) is 29.1 Å². The summed E-state index contributed by atoms with van der Waals surface area (Å²) in [5.74, 6) is -0.579. The molecule has 2 amide bonds. The summed E-state index contributed by atoms with van der Waals surface area (Å²) in [6.45, 7) is 3.18. The molecule has 0 radical (unpaired) electrons. The van der Waals surface area contributed by atoms with Crippen molar-refractivity contribution in [2.75, 3.05) is 18.1 Å². The van der Waals surface area contributed by atoms with Crippen molar-refractivity contribution in [3.05, 3.63) is 0 Å². The van der Waals surface area contributed by atoms with E-state index in [9.17, 15) is 24.0 Å². The molecule has 142 valence electrons. The van der Waals surface area contributed by atoms with Crippen LogP contribution in [0.2, 0.25) is 0 Å². The summed E-state index contributed by atoms with van der Waals surface area (Å²) >= 11 is 2.36. The molecule has 8 nitrogen and oxygen atoms in total.